The average Bonchev–Trinajstić information content (AvgIpc) is 2.73. The van der Waals surface area contributed by atoms with E-state index in [1.165, 1.54) is 32.1 Å². The number of benzene rings is 1. The summed E-state index contributed by atoms with van der Waals surface area (Å²) in [5.74, 6) is -7.59. The molecule has 1 saturated carbocycles. The minimum Gasteiger partial charge on any atom is -0.508 e. The highest BCUT2D eigenvalue weighted by Gasteiger charge is 2.67. The summed E-state index contributed by atoms with van der Waals surface area (Å²) >= 11 is 0. The molecule has 6 N–H and O–H groups in total. The Kier molecular flexibility index (Phi) is 4.92. The van der Waals surface area contributed by atoms with E-state index < -0.39 is 64.1 Å². The van der Waals surface area contributed by atoms with Crippen molar-refractivity contribution in [2.75, 3.05) is 21.1 Å². The summed E-state index contributed by atoms with van der Waals surface area (Å²) < 4.78 is 0. The Morgan fingerprint density at radius 1 is 1.19 bits per heavy atom. The van der Waals surface area contributed by atoms with Crippen LogP contribution in [0.3, 0.4) is 0 Å². The normalized spacial score (nSPS) is 31.9. The van der Waals surface area contributed by atoms with Gasteiger partial charge in [-0.1, -0.05) is 12.1 Å². The second-order valence-corrected chi connectivity index (χ2v) is 8.57. The summed E-state index contributed by atoms with van der Waals surface area (Å²) in [4.78, 5) is 40.5. The van der Waals surface area contributed by atoms with E-state index in [9.17, 15) is 39.9 Å². The smallest absolute Gasteiger partial charge is 0.258 e. The Hall–Kier alpha value is -3.21. The molecule has 5 atom stereocenters. The van der Waals surface area contributed by atoms with Crippen LogP contribution in [0.15, 0.2) is 35.1 Å². The number of carbonyl (C=O) groups excluding carboxylic acids is 3. The number of rotatable bonds is 2. The van der Waals surface area contributed by atoms with Gasteiger partial charge >= 0.3 is 0 Å². The molecule has 0 radical (unpaired) electrons. The van der Waals surface area contributed by atoms with E-state index >= 15 is 0 Å². The van der Waals surface area contributed by atoms with Crippen molar-refractivity contribution >= 4 is 23.2 Å². The topological polar surface area (TPSA) is 168 Å². The molecule has 4 rings (SSSR count). The molecule has 0 heterocycles. The van der Waals surface area contributed by atoms with Crippen LogP contribution in [-0.2, 0) is 20.8 Å². The molecule has 3 aliphatic rings. The van der Waals surface area contributed by atoms with Crippen molar-refractivity contribution in [3.8, 4) is 5.75 Å². The lowest BCUT2D eigenvalue weighted by Crippen LogP contribution is -2.70. The number of hydrogen-bond acceptors (Lipinski definition) is 9. The molecule has 170 valence electrons. The quantitative estimate of drug-likeness (QED) is 0.320. The van der Waals surface area contributed by atoms with Crippen LogP contribution in [0.4, 0.5) is 0 Å². The maximum atomic E-state index is 13.6. The van der Waals surface area contributed by atoms with Gasteiger partial charge in [0.05, 0.1) is 23.6 Å². The largest absolute Gasteiger partial charge is 0.508 e. The van der Waals surface area contributed by atoms with Crippen molar-refractivity contribution < 1.29 is 39.9 Å². The van der Waals surface area contributed by atoms with Gasteiger partial charge in [-0.2, -0.15) is 0 Å². The van der Waals surface area contributed by atoms with Crippen LogP contribution in [-0.4, -0.2) is 86.8 Å². The molecule has 0 bridgehead atoms. The van der Waals surface area contributed by atoms with Gasteiger partial charge in [-0.05, 0) is 32.1 Å². The Labute approximate surface area is 183 Å². The molecule has 0 spiro atoms. The molecular formula is C22H24N2O8. The van der Waals surface area contributed by atoms with Crippen LogP contribution in [0.5, 0.6) is 5.75 Å². The summed E-state index contributed by atoms with van der Waals surface area (Å²) in [5, 5.41) is 57.0. The molecule has 0 aromatic heterocycles. The minimum absolute atomic E-state index is 0.00705. The second-order valence-electron chi connectivity index (χ2n) is 8.57. The Morgan fingerprint density at radius 3 is 2.44 bits per heavy atom. The standard InChI is InChI=1S/C22H24N2O8/c1-23-21(31)13-18(28)15(24(2)3)14-16(26)9-7-8-5-4-6-10(25)11(8)17(27)12(9)19(29)22(14,32)20(13)30/h4-6,9,14-16,25-27,30,32H,7H2,1-3H3,(H,23,31)/t9-,14-,15+,16-,22+/m1/s1. The third kappa shape index (κ3) is 2.60. The number of nitrogens with one attached hydrogen (secondary N) is 1. The maximum absolute atomic E-state index is 13.6. The van der Waals surface area contributed by atoms with Gasteiger partial charge in [-0.25, -0.2) is 0 Å². The van der Waals surface area contributed by atoms with Gasteiger partial charge in [-0.3, -0.25) is 19.3 Å². The summed E-state index contributed by atoms with van der Waals surface area (Å²) in [6.45, 7) is 0. The molecule has 1 fully saturated rings. The molecular weight excluding hydrogens is 420 g/mol. The van der Waals surface area contributed by atoms with Crippen LogP contribution in [0, 0.1) is 11.8 Å². The van der Waals surface area contributed by atoms with E-state index in [2.05, 4.69) is 5.32 Å². The molecule has 1 amide bonds. The lowest BCUT2D eigenvalue weighted by molar-refractivity contribution is -0.168. The number of aromatic hydroxyl groups is 1. The fourth-order valence-corrected chi connectivity index (χ4v) is 5.30. The average molecular weight is 444 g/mol. The van der Waals surface area contributed by atoms with E-state index in [0.29, 0.717) is 5.56 Å². The van der Waals surface area contributed by atoms with Crippen LogP contribution >= 0.6 is 0 Å². The number of fused-ring (bicyclic) bond motifs is 3. The number of Topliss-reactive ketones (excluding diaryl/α,β-unsaturated/α-hetero) is 2. The highest BCUT2D eigenvalue weighted by atomic mass is 16.4. The highest BCUT2D eigenvalue weighted by molar-refractivity contribution is 6.25. The van der Waals surface area contributed by atoms with Gasteiger partial charge in [0.2, 0.25) is 5.78 Å². The highest BCUT2D eigenvalue weighted by Crippen LogP contribution is 2.52. The minimum atomic E-state index is -2.84. The summed E-state index contributed by atoms with van der Waals surface area (Å²) in [5.41, 5.74) is -3.54. The lowest BCUT2D eigenvalue weighted by Gasteiger charge is -2.52. The molecule has 10 heteroatoms. The van der Waals surface area contributed by atoms with Gasteiger partial charge in [0, 0.05) is 18.5 Å². The van der Waals surface area contributed by atoms with Crippen molar-refractivity contribution in [2.45, 2.75) is 24.2 Å². The first-order chi connectivity index (χ1) is 15.0. The first-order valence-corrected chi connectivity index (χ1v) is 10.0. The molecule has 0 saturated heterocycles. The van der Waals surface area contributed by atoms with E-state index in [1.54, 1.807) is 12.1 Å². The number of aliphatic hydroxyl groups excluding tert-OH is 3. The SMILES string of the molecule is CNC(=O)C1=C(O)[C@@]2(O)C(=O)C3=C(O)c4c(O)cccc4C[C@H]3[C@@H](O)[C@H]2[C@H](N(C)C)C1=O. The fraction of sp³-hybridized carbons (Fsp3) is 0.409. The number of hydrogen-bond donors (Lipinski definition) is 6. The molecule has 1 aromatic rings. The van der Waals surface area contributed by atoms with E-state index in [-0.39, 0.29) is 23.3 Å². The number of phenolic OH excluding ortho intramolecular Hbond substituents is 1. The zero-order valence-corrected chi connectivity index (χ0v) is 17.7. The van der Waals surface area contributed by atoms with Gasteiger partial charge < -0.3 is 30.8 Å². The maximum Gasteiger partial charge on any atom is 0.258 e. The van der Waals surface area contributed by atoms with E-state index in [0.717, 1.165) is 0 Å². The monoisotopic (exact) mass is 444 g/mol. The fourth-order valence-electron chi connectivity index (χ4n) is 5.30. The van der Waals surface area contributed by atoms with Crippen LogP contribution < -0.4 is 5.32 Å². The molecule has 10 nitrogen and oxygen atoms in total. The molecule has 0 unspecified atom stereocenters. The number of carbonyl (C=O) groups is 3. The second kappa shape index (κ2) is 7.16. The first kappa shape index (κ1) is 22.0. The van der Waals surface area contributed by atoms with Gasteiger partial charge in [0.1, 0.15) is 22.8 Å². The van der Waals surface area contributed by atoms with Gasteiger partial charge in [0.25, 0.3) is 5.91 Å². The van der Waals surface area contributed by atoms with Crippen molar-refractivity contribution in [2.24, 2.45) is 11.8 Å². The number of amides is 1. The van der Waals surface area contributed by atoms with Crippen molar-refractivity contribution in [1.82, 2.24) is 10.2 Å². The van der Waals surface area contributed by atoms with Crippen molar-refractivity contribution in [3.63, 3.8) is 0 Å². The first-order valence-electron chi connectivity index (χ1n) is 10.0. The number of ketones is 2. The van der Waals surface area contributed by atoms with Crippen LogP contribution in [0.2, 0.25) is 0 Å². The van der Waals surface area contributed by atoms with Gasteiger partial charge in [-0.15, -0.1) is 0 Å². The van der Waals surface area contributed by atoms with E-state index in [4.69, 9.17) is 0 Å². The van der Waals surface area contributed by atoms with Crippen molar-refractivity contribution in [1.29, 1.82) is 0 Å². The van der Waals surface area contributed by atoms with E-state index in [1.807, 2.05) is 0 Å². The molecule has 1 aromatic carbocycles. The molecule has 3 aliphatic carbocycles. The lowest BCUT2D eigenvalue weighted by atomic mass is 9.56. The third-order valence-electron chi connectivity index (χ3n) is 6.75. The predicted molar refractivity (Wildman–Crippen MR) is 111 cm³/mol. The van der Waals surface area contributed by atoms with Gasteiger partial charge in [0.15, 0.2) is 11.4 Å². The molecule has 0 aliphatic heterocycles. The number of nitrogens with zero attached hydrogens (tertiary/aromatic N) is 1. The number of aliphatic hydroxyl groups is 4. The zero-order valence-electron chi connectivity index (χ0n) is 17.7. The predicted octanol–water partition coefficient (Wildman–Crippen LogP) is -0.805. The molecule has 32 heavy (non-hydrogen) atoms. The van der Waals surface area contributed by atoms with Crippen LogP contribution in [0.25, 0.3) is 5.76 Å². The Morgan fingerprint density at radius 2 is 1.84 bits per heavy atom. The van der Waals surface area contributed by atoms with Crippen LogP contribution in [0.1, 0.15) is 11.1 Å². The van der Waals surface area contributed by atoms with Crippen molar-refractivity contribution in [3.05, 3.63) is 46.2 Å². The Bertz CT molecular complexity index is 1120. The number of likely N-dealkylation sites (N-methyl/N-ethyl adjacent to an activating group) is 2. The summed E-state index contributed by atoms with van der Waals surface area (Å²) in [6, 6.07) is 3.18. The Balaban J connectivity index is 2.03. The third-order valence-corrected chi connectivity index (χ3v) is 6.75. The summed E-state index contributed by atoms with van der Waals surface area (Å²) in [7, 11) is 4.20. The number of phenols is 1. The summed E-state index contributed by atoms with van der Waals surface area (Å²) in [6.07, 6.45) is -1.50. The zero-order chi connectivity index (χ0) is 23.7.